The summed E-state index contributed by atoms with van der Waals surface area (Å²) in [5.74, 6) is 0.549. The number of nitrogens with one attached hydrogen (secondary N) is 1. The number of carbonyl (C=O) groups excluding carboxylic acids is 1. The fourth-order valence-electron chi connectivity index (χ4n) is 2.23. The predicted molar refractivity (Wildman–Crippen MR) is 75.1 cm³/mol. The predicted octanol–water partition coefficient (Wildman–Crippen LogP) is 1.60. The normalized spacial score (nSPS) is 25.3. The van der Waals surface area contributed by atoms with Gasteiger partial charge in [-0.2, -0.15) is 0 Å². The van der Waals surface area contributed by atoms with Crippen LogP contribution in [-0.2, 0) is 4.74 Å². The molecule has 0 aromatic rings. The number of aliphatic hydroxyl groups is 1. The monoisotopic (exact) mass is 272 g/mol. The highest BCUT2D eigenvalue weighted by Crippen LogP contribution is 2.14. The summed E-state index contributed by atoms with van der Waals surface area (Å²) in [7, 11) is 0. The second-order valence-electron chi connectivity index (χ2n) is 6.77. The van der Waals surface area contributed by atoms with E-state index in [-0.39, 0.29) is 12.1 Å². The maximum absolute atomic E-state index is 12.1. The van der Waals surface area contributed by atoms with E-state index in [2.05, 4.69) is 19.2 Å². The molecule has 0 aromatic carbocycles. The lowest BCUT2D eigenvalue weighted by atomic mass is 10.0. The summed E-state index contributed by atoms with van der Waals surface area (Å²) in [5.41, 5.74) is -0.505. The van der Waals surface area contributed by atoms with Crippen molar-refractivity contribution in [2.45, 2.75) is 58.8 Å². The van der Waals surface area contributed by atoms with E-state index in [9.17, 15) is 9.90 Å². The molecule has 0 aromatic heterocycles. The molecule has 1 aliphatic heterocycles. The number of aliphatic hydroxyl groups excluding tert-OH is 1. The Morgan fingerprint density at radius 1 is 1.42 bits per heavy atom. The van der Waals surface area contributed by atoms with Gasteiger partial charge in [-0.3, -0.25) is 0 Å². The minimum absolute atomic E-state index is 0.213. The van der Waals surface area contributed by atoms with Gasteiger partial charge in [0.05, 0.1) is 12.6 Å². The van der Waals surface area contributed by atoms with E-state index < -0.39 is 11.7 Å². The first kappa shape index (κ1) is 16.2. The summed E-state index contributed by atoms with van der Waals surface area (Å²) in [5, 5.41) is 13.2. The number of carbonyl (C=O) groups is 1. The lowest BCUT2D eigenvalue weighted by Gasteiger charge is -2.29. The maximum Gasteiger partial charge on any atom is 0.410 e. The first-order valence-electron chi connectivity index (χ1n) is 7.06. The molecule has 112 valence electrons. The first-order valence-corrected chi connectivity index (χ1v) is 7.06. The molecular weight excluding hydrogens is 244 g/mol. The van der Waals surface area contributed by atoms with Crippen molar-refractivity contribution in [1.29, 1.82) is 0 Å². The second kappa shape index (κ2) is 6.57. The number of hydrogen-bond donors (Lipinski definition) is 2. The molecule has 0 spiro atoms. The van der Waals surface area contributed by atoms with Crippen LogP contribution in [-0.4, -0.2) is 53.5 Å². The second-order valence-corrected chi connectivity index (χ2v) is 6.77. The zero-order valence-electron chi connectivity index (χ0n) is 12.8. The molecule has 0 aliphatic carbocycles. The van der Waals surface area contributed by atoms with E-state index in [4.69, 9.17) is 4.74 Å². The Kier molecular flexibility index (Phi) is 5.62. The minimum Gasteiger partial charge on any atom is -0.444 e. The molecule has 0 bridgehead atoms. The topological polar surface area (TPSA) is 61.8 Å². The van der Waals surface area contributed by atoms with Gasteiger partial charge in [0.25, 0.3) is 0 Å². The molecular formula is C14H28N2O3. The van der Waals surface area contributed by atoms with Crippen LogP contribution in [0.2, 0.25) is 0 Å². The van der Waals surface area contributed by atoms with Crippen molar-refractivity contribution in [3.05, 3.63) is 0 Å². The van der Waals surface area contributed by atoms with Gasteiger partial charge in [0.1, 0.15) is 5.60 Å². The summed E-state index contributed by atoms with van der Waals surface area (Å²) in [4.78, 5) is 13.7. The fraction of sp³-hybridized carbons (Fsp3) is 0.929. The summed E-state index contributed by atoms with van der Waals surface area (Å²) >= 11 is 0. The van der Waals surface area contributed by atoms with Gasteiger partial charge in [-0.15, -0.1) is 0 Å². The molecule has 5 heteroatoms. The van der Waals surface area contributed by atoms with Crippen LogP contribution < -0.4 is 5.32 Å². The largest absolute Gasteiger partial charge is 0.444 e. The molecule has 19 heavy (non-hydrogen) atoms. The molecule has 5 nitrogen and oxygen atoms in total. The highest BCUT2D eigenvalue weighted by molar-refractivity contribution is 5.68. The summed E-state index contributed by atoms with van der Waals surface area (Å²) in [6.07, 6.45) is 0.0973. The van der Waals surface area contributed by atoms with E-state index in [1.807, 2.05) is 20.8 Å². The Morgan fingerprint density at radius 3 is 2.58 bits per heavy atom. The zero-order valence-corrected chi connectivity index (χ0v) is 12.8. The van der Waals surface area contributed by atoms with Crippen molar-refractivity contribution in [3.8, 4) is 0 Å². The van der Waals surface area contributed by atoms with Crippen LogP contribution in [0.1, 0.15) is 41.0 Å². The van der Waals surface area contributed by atoms with Gasteiger partial charge in [0.15, 0.2) is 0 Å². The van der Waals surface area contributed by atoms with Crippen LogP contribution >= 0.6 is 0 Å². The van der Waals surface area contributed by atoms with Crippen LogP contribution in [0.3, 0.4) is 0 Å². The quantitative estimate of drug-likeness (QED) is 0.801. The van der Waals surface area contributed by atoms with E-state index in [1.165, 1.54) is 0 Å². The van der Waals surface area contributed by atoms with Gasteiger partial charge >= 0.3 is 6.09 Å². The number of β-amino-alcohol motifs (C(OH)–C–C–N with tert-alkyl or cyclic N) is 1. The lowest BCUT2D eigenvalue weighted by Crippen LogP contribution is -2.43. The molecule has 0 unspecified atom stereocenters. The van der Waals surface area contributed by atoms with Crippen LogP contribution in [0.5, 0.6) is 0 Å². The molecule has 0 radical (unpaired) electrons. The number of hydrogen-bond acceptors (Lipinski definition) is 4. The first-order chi connectivity index (χ1) is 8.67. The van der Waals surface area contributed by atoms with E-state index >= 15 is 0 Å². The van der Waals surface area contributed by atoms with Crippen molar-refractivity contribution in [2.75, 3.05) is 19.6 Å². The Balaban J connectivity index is 2.65. The van der Waals surface area contributed by atoms with Gasteiger partial charge < -0.3 is 20.1 Å². The Bertz CT molecular complexity index is 300. The van der Waals surface area contributed by atoms with Crippen molar-refractivity contribution < 1.29 is 14.6 Å². The fourth-order valence-corrected chi connectivity index (χ4v) is 2.23. The van der Waals surface area contributed by atoms with Crippen LogP contribution in [0.25, 0.3) is 0 Å². The number of amides is 1. The molecule has 1 aliphatic rings. The van der Waals surface area contributed by atoms with E-state index in [0.717, 1.165) is 6.42 Å². The molecule has 1 amide bonds. The maximum atomic E-state index is 12.1. The lowest BCUT2D eigenvalue weighted by molar-refractivity contribution is 0.0172. The van der Waals surface area contributed by atoms with Gasteiger partial charge in [-0.25, -0.2) is 4.79 Å². The van der Waals surface area contributed by atoms with Crippen LogP contribution in [0.15, 0.2) is 0 Å². The SMILES string of the molecule is CC(C)C[C@@H]1CN(C(=O)OC(C)(C)C)C[C@@H](O)CN1. The van der Waals surface area contributed by atoms with Crippen molar-refractivity contribution in [3.63, 3.8) is 0 Å². The highest BCUT2D eigenvalue weighted by atomic mass is 16.6. The van der Waals surface area contributed by atoms with Crippen molar-refractivity contribution >= 4 is 6.09 Å². The van der Waals surface area contributed by atoms with Crippen LogP contribution in [0, 0.1) is 5.92 Å². The third kappa shape index (κ3) is 6.25. The number of rotatable bonds is 2. The zero-order chi connectivity index (χ0) is 14.6. The Hall–Kier alpha value is -0.810. The molecule has 0 saturated carbocycles. The van der Waals surface area contributed by atoms with Crippen LogP contribution in [0.4, 0.5) is 4.79 Å². The molecule has 1 saturated heterocycles. The van der Waals surface area contributed by atoms with Gasteiger partial charge in [0.2, 0.25) is 0 Å². The standard InChI is InChI=1S/C14H28N2O3/c1-10(2)6-11-8-16(9-12(17)7-15-11)13(18)19-14(3,4)5/h10-12,15,17H,6-9H2,1-5H3/t11-,12+/m1/s1. The smallest absolute Gasteiger partial charge is 0.410 e. The molecule has 1 rings (SSSR count). The number of ether oxygens (including phenoxy) is 1. The highest BCUT2D eigenvalue weighted by Gasteiger charge is 2.29. The molecule has 2 atom stereocenters. The van der Waals surface area contributed by atoms with Crippen molar-refractivity contribution in [2.24, 2.45) is 5.92 Å². The average molecular weight is 272 g/mol. The minimum atomic E-state index is -0.537. The van der Waals surface area contributed by atoms with Crippen molar-refractivity contribution in [1.82, 2.24) is 10.2 Å². The molecule has 2 N–H and O–H groups in total. The van der Waals surface area contributed by atoms with E-state index in [0.29, 0.717) is 25.6 Å². The van der Waals surface area contributed by atoms with Gasteiger partial charge in [-0.1, -0.05) is 13.8 Å². The third-order valence-electron chi connectivity index (χ3n) is 2.92. The Labute approximate surface area is 116 Å². The van der Waals surface area contributed by atoms with Gasteiger partial charge in [0, 0.05) is 19.1 Å². The third-order valence-corrected chi connectivity index (χ3v) is 2.92. The molecule has 1 fully saturated rings. The summed E-state index contributed by atoms with van der Waals surface area (Å²) < 4.78 is 5.38. The van der Waals surface area contributed by atoms with Gasteiger partial charge in [-0.05, 0) is 33.1 Å². The summed E-state index contributed by atoms with van der Waals surface area (Å²) in [6.45, 7) is 11.3. The average Bonchev–Trinajstić information content (AvgIpc) is 2.38. The summed E-state index contributed by atoms with van der Waals surface area (Å²) in [6, 6.07) is 0.213. The van der Waals surface area contributed by atoms with E-state index in [1.54, 1.807) is 4.90 Å². The molecule has 1 heterocycles. The number of nitrogens with zero attached hydrogens (tertiary/aromatic N) is 1. The Morgan fingerprint density at radius 2 is 2.05 bits per heavy atom.